The molecule has 1 rings (SSSR count). The topological polar surface area (TPSA) is 56.0 Å². The van der Waals surface area contributed by atoms with Crippen molar-refractivity contribution < 1.29 is 18.0 Å². The third-order valence-electron chi connectivity index (χ3n) is 1.39. The molecule has 0 aliphatic heterocycles. The van der Waals surface area contributed by atoms with E-state index in [1.165, 1.54) is 0 Å². The lowest BCUT2D eigenvalue weighted by molar-refractivity contribution is -0.138. The van der Waals surface area contributed by atoms with Gasteiger partial charge in [-0.2, -0.15) is 13.2 Å². The number of hydrogen-bond donors (Lipinski definition) is 1. The van der Waals surface area contributed by atoms with Gasteiger partial charge < -0.3 is 5.73 Å². The molecule has 0 spiro atoms. The Morgan fingerprint density at radius 1 is 1.46 bits per heavy atom. The maximum atomic E-state index is 12.2. The normalized spacial score (nSPS) is 11.3. The fourth-order valence-corrected chi connectivity index (χ4v) is 0.835. The highest BCUT2D eigenvalue weighted by molar-refractivity contribution is 5.94. The Labute approximate surface area is 71.4 Å². The maximum Gasteiger partial charge on any atom is 0.418 e. The van der Waals surface area contributed by atoms with Gasteiger partial charge >= 0.3 is 6.18 Å². The van der Waals surface area contributed by atoms with Crippen LogP contribution in [0.15, 0.2) is 18.5 Å². The van der Waals surface area contributed by atoms with E-state index in [-0.39, 0.29) is 0 Å². The molecule has 13 heavy (non-hydrogen) atoms. The summed E-state index contributed by atoms with van der Waals surface area (Å²) in [6.07, 6.45) is -2.95. The molecule has 1 aromatic rings. The van der Waals surface area contributed by atoms with Crippen molar-refractivity contribution >= 4 is 5.91 Å². The van der Waals surface area contributed by atoms with Crippen LogP contribution < -0.4 is 5.73 Å². The summed E-state index contributed by atoms with van der Waals surface area (Å²) in [6.45, 7) is 0. The van der Waals surface area contributed by atoms with E-state index in [2.05, 4.69) is 4.98 Å². The number of pyridine rings is 1. The summed E-state index contributed by atoms with van der Waals surface area (Å²) in [6, 6.07) is 0.936. The minimum absolute atomic E-state index is 0.567. The van der Waals surface area contributed by atoms with Gasteiger partial charge in [0.05, 0.1) is 11.1 Å². The summed E-state index contributed by atoms with van der Waals surface area (Å²) in [5, 5.41) is 0. The zero-order valence-electron chi connectivity index (χ0n) is 6.30. The number of halogens is 3. The van der Waals surface area contributed by atoms with Crippen LogP contribution in [0.1, 0.15) is 15.9 Å². The molecule has 0 unspecified atom stereocenters. The lowest BCUT2D eigenvalue weighted by atomic mass is 10.1. The molecule has 6 heteroatoms. The van der Waals surface area contributed by atoms with E-state index in [9.17, 15) is 18.0 Å². The summed E-state index contributed by atoms with van der Waals surface area (Å²) in [7, 11) is 0. The average molecular weight is 190 g/mol. The highest BCUT2D eigenvalue weighted by Gasteiger charge is 2.34. The van der Waals surface area contributed by atoms with Crippen molar-refractivity contribution in [1.29, 1.82) is 0 Å². The first-order valence-corrected chi connectivity index (χ1v) is 3.24. The first-order chi connectivity index (χ1) is 5.93. The van der Waals surface area contributed by atoms with E-state index in [4.69, 9.17) is 5.73 Å². The molecule has 0 fully saturated rings. The summed E-state index contributed by atoms with van der Waals surface area (Å²) in [4.78, 5) is 13.8. The summed E-state index contributed by atoms with van der Waals surface area (Å²) < 4.78 is 36.5. The monoisotopic (exact) mass is 190 g/mol. The molecule has 0 atom stereocenters. The van der Waals surface area contributed by atoms with Gasteiger partial charge in [-0.05, 0) is 6.07 Å². The van der Waals surface area contributed by atoms with Crippen LogP contribution in [0.4, 0.5) is 13.2 Å². The number of primary amides is 1. The van der Waals surface area contributed by atoms with Crippen LogP contribution in [0, 0.1) is 0 Å². The molecule has 0 saturated carbocycles. The molecule has 2 N–H and O–H groups in total. The maximum absolute atomic E-state index is 12.2. The van der Waals surface area contributed by atoms with E-state index in [0.29, 0.717) is 6.20 Å². The zero-order chi connectivity index (χ0) is 10.1. The van der Waals surface area contributed by atoms with Gasteiger partial charge in [0.1, 0.15) is 0 Å². The molecule has 0 radical (unpaired) electrons. The second-order valence-electron chi connectivity index (χ2n) is 2.28. The van der Waals surface area contributed by atoms with E-state index >= 15 is 0 Å². The molecule has 0 aromatic carbocycles. The number of nitrogens with zero attached hydrogens (tertiary/aromatic N) is 1. The first kappa shape index (κ1) is 9.50. The van der Waals surface area contributed by atoms with Gasteiger partial charge in [0.25, 0.3) is 0 Å². The fraction of sp³-hybridized carbons (Fsp3) is 0.143. The molecule has 0 bridgehead atoms. The smallest absolute Gasteiger partial charge is 0.366 e. The largest absolute Gasteiger partial charge is 0.418 e. The lowest BCUT2D eigenvalue weighted by Crippen LogP contribution is -2.18. The fourth-order valence-electron chi connectivity index (χ4n) is 0.835. The minimum Gasteiger partial charge on any atom is -0.366 e. The Morgan fingerprint density at radius 2 is 2.08 bits per heavy atom. The number of hydrogen-bond acceptors (Lipinski definition) is 2. The van der Waals surface area contributed by atoms with Crippen LogP contribution >= 0.6 is 0 Å². The van der Waals surface area contributed by atoms with Crippen molar-refractivity contribution in [3.63, 3.8) is 0 Å². The third kappa shape index (κ3) is 1.95. The predicted octanol–water partition coefficient (Wildman–Crippen LogP) is 1.20. The Balaban J connectivity index is 3.28. The quantitative estimate of drug-likeness (QED) is 0.723. The van der Waals surface area contributed by atoms with Crippen LogP contribution in [-0.4, -0.2) is 10.9 Å². The highest BCUT2D eigenvalue weighted by atomic mass is 19.4. The third-order valence-corrected chi connectivity index (χ3v) is 1.39. The van der Waals surface area contributed by atoms with E-state index in [1.54, 1.807) is 0 Å². The van der Waals surface area contributed by atoms with Gasteiger partial charge in [-0.1, -0.05) is 0 Å². The Bertz CT molecular complexity index is 335. The van der Waals surface area contributed by atoms with Gasteiger partial charge in [-0.3, -0.25) is 9.78 Å². The Morgan fingerprint density at radius 3 is 2.46 bits per heavy atom. The number of carbonyl (C=O) groups excluding carboxylic acids is 1. The molecule has 3 nitrogen and oxygen atoms in total. The van der Waals surface area contributed by atoms with Crippen LogP contribution in [0.3, 0.4) is 0 Å². The SMILES string of the molecule is NC(=O)c1ccncc1C(F)(F)F. The molecule has 0 aliphatic rings. The number of nitrogens with two attached hydrogens (primary N) is 1. The number of aromatic nitrogens is 1. The van der Waals surface area contributed by atoms with Crippen molar-refractivity contribution in [1.82, 2.24) is 4.98 Å². The number of alkyl halides is 3. The minimum atomic E-state index is -4.60. The molecule has 0 saturated heterocycles. The van der Waals surface area contributed by atoms with Gasteiger partial charge in [0.2, 0.25) is 5.91 Å². The number of rotatable bonds is 1. The van der Waals surface area contributed by atoms with Crippen molar-refractivity contribution in [2.45, 2.75) is 6.18 Å². The van der Waals surface area contributed by atoms with Crippen LogP contribution in [0.5, 0.6) is 0 Å². The van der Waals surface area contributed by atoms with Gasteiger partial charge in [-0.25, -0.2) is 0 Å². The lowest BCUT2D eigenvalue weighted by Gasteiger charge is -2.08. The molecule has 1 amide bonds. The second-order valence-corrected chi connectivity index (χ2v) is 2.28. The standard InChI is InChI=1S/C7H5F3N2O/c8-7(9,10)5-3-12-2-1-4(5)6(11)13/h1-3H,(H2,11,13). The van der Waals surface area contributed by atoms with E-state index in [1.807, 2.05) is 0 Å². The van der Waals surface area contributed by atoms with Crippen molar-refractivity contribution in [2.75, 3.05) is 0 Å². The predicted molar refractivity (Wildman–Crippen MR) is 37.8 cm³/mol. The van der Waals surface area contributed by atoms with Gasteiger partial charge in [-0.15, -0.1) is 0 Å². The molecule has 1 aromatic heterocycles. The zero-order valence-corrected chi connectivity index (χ0v) is 6.30. The van der Waals surface area contributed by atoms with Gasteiger partial charge in [0, 0.05) is 12.4 Å². The number of amides is 1. The van der Waals surface area contributed by atoms with Crippen LogP contribution in [0.2, 0.25) is 0 Å². The van der Waals surface area contributed by atoms with Crippen molar-refractivity contribution in [2.24, 2.45) is 5.73 Å². The molecular weight excluding hydrogens is 185 g/mol. The Kier molecular flexibility index (Phi) is 2.22. The molecule has 0 aliphatic carbocycles. The van der Waals surface area contributed by atoms with Crippen molar-refractivity contribution in [3.8, 4) is 0 Å². The first-order valence-electron chi connectivity index (χ1n) is 3.24. The van der Waals surface area contributed by atoms with E-state index < -0.39 is 23.2 Å². The second kappa shape index (κ2) is 3.04. The summed E-state index contributed by atoms with van der Waals surface area (Å²) in [5.41, 5.74) is 3.07. The highest BCUT2D eigenvalue weighted by Crippen LogP contribution is 2.30. The van der Waals surface area contributed by atoms with Crippen LogP contribution in [-0.2, 0) is 6.18 Å². The molecular formula is C7H5F3N2O. The summed E-state index contributed by atoms with van der Waals surface area (Å²) >= 11 is 0. The molecule has 1 heterocycles. The molecule has 70 valence electrons. The van der Waals surface area contributed by atoms with Crippen LogP contribution in [0.25, 0.3) is 0 Å². The average Bonchev–Trinajstić information content (AvgIpc) is 2.03. The summed E-state index contributed by atoms with van der Waals surface area (Å²) in [5.74, 6) is -1.12. The number of carbonyl (C=O) groups is 1. The van der Waals surface area contributed by atoms with E-state index in [0.717, 1.165) is 12.3 Å². The van der Waals surface area contributed by atoms with Gasteiger partial charge in [0.15, 0.2) is 0 Å². The van der Waals surface area contributed by atoms with Crippen molar-refractivity contribution in [3.05, 3.63) is 29.6 Å². The Hall–Kier alpha value is -1.59.